The van der Waals surface area contributed by atoms with Gasteiger partial charge < -0.3 is 15.4 Å². The molecule has 30 heavy (non-hydrogen) atoms. The third-order valence-corrected chi connectivity index (χ3v) is 4.30. The summed E-state index contributed by atoms with van der Waals surface area (Å²) in [6.07, 6.45) is -2.05. The second-order valence-electron chi connectivity index (χ2n) is 6.63. The predicted octanol–water partition coefficient (Wildman–Crippen LogP) is 6.33. The van der Waals surface area contributed by atoms with Crippen molar-refractivity contribution in [2.45, 2.75) is 32.9 Å². The van der Waals surface area contributed by atoms with E-state index in [1.807, 2.05) is 38.1 Å². The molecule has 0 spiro atoms. The van der Waals surface area contributed by atoms with Gasteiger partial charge in [-0.15, -0.1) is 0 Å². The highest BCUT2D eigenvalue weighted by Crippen LogP contribution is 2.35. The van der Waals surface area contributed by atoms with Crippen molar-refractivity contribution in [1.82, 2.24) is 9.97 Å². The molecule has 3 aromatic rings. The quantitative estimate of drug-likeness (QED) is 0.449. The highest BCUT2D eigenvalue weighted by atomic mass is 19.4. The Morgan fingerprint density at radius 3 is 2.13 bits per heavy atom. The minimum absolute atomic E-state index is 0.0673. The van der Waals surface area contributed by atoms with Crippen LogP contribution < -0.4 is 15.4 Å². The lowest BCUT2D eigenvalue weighted by Gasteiger charge is -2.15. The van der Waals surface area contributed by atoms with E-state index in [0.29, 0.717) is 23.7 Å². The number of benzene rings is 2. The van der Waals surface area contributed by atoms with Crippen LogP contribution in [-0.2, 0) is 12.6 Å². The first-order chi connectivity index (χ1) is 14.4. The van der Waals surface area contributed by atoms with Crippen molar-refractivity contribution in [3.63, 3.8) is 0 Å². The maximum atomic E-state index is 13.4. The minimum Gasteiger partial charge on any atom is -0.494 e. The number of nitrogens with one attached hydrogen (secondary N) is 2. The summed E-state index contributed by atoms with van der Waals surface area (Å²) >= 11 is 0. The first-order valence-electron chi connectivity index (χ1n) is 9.69. The monoisotopic (exact) mass is 416 g/mol. The van der Waals surface area contributed by atoms with Gasteiger partial charge in [0.1, 0.15) is 17.1 Å². The van der Waals surface area contributed by atoms with Gasteiger partial charge in [-0.2, -0.15) is 18.2 Å². The highest BCUT2D eigenvalue weighted by molar-refractivity contribution is 5.63. The number of aryl methyl sites for hydroxylation is 1. The van der Waals surface area contributed by atoms with Gasteiger partial charge in [-0.05, 0) is 54.8 Å². The molecule has 3 rings (SSSR count). The summed E-state index contributed by atoms with van der Waals surface area (Å²) in [5.74, 6) is 0.393. The Labute approximate surface area is 173 Å². The van der Waals surface area contributed by atoms with Crippen molar-refractivity contribution in [3.8, 4) is 5.75 Å². The van der Waals surface area contributed by atoms with Gasteiger partial charge in [0.2, 0.25) is 5.95 Å². The summed E-state index contributed by atoms with van der Waals surface area (Å²) in [5, 5.41) is 5.68. The normalized spacial score (nSPS) is 11.2. The van der Waals surface area contributed by atoms with Crippen LogP contribution >= 0.6 is 0 Å². The number of hydrogen-bond donors (Lipinski definition) is 2. The van der Waals surface area contributed by atoms with Gasteiger partial charge in [-0.25, -0.2) is 4.98 Å². The summed E-state index contributed by atoms with van der Waals surface area (Å²) in [6, 6.07) is 14.2. The Morgan fingerprint density at radius 1 is 0.900 bits per heavy atom. The zero-order valence-electron chi connectivity index (χ0n) is 16.8. The summed E-state index contributed by atoms with van der Waals surface area (Å²) in [4.78, 5) is 7.89. The van der Waals surface area contributed by atoms with E-state index in [1.54, 1.807) is 24.3 Å². The Kier molecular flexibility index (Phi) is 6.76. The van der Waals surface area contributed by atoms with Crippen LogP contribution in [0, 0.1) is 0 Å². The van der Waals surface area contributed by atoms with E-state index in [9.17, 15) is 13.2 Å². The van der Waals surface area contributed by atoms with Crippen LogP contribution in [0.4, 0.5) is 36.3 Å². The fraction of sp³-hybridized carbons (Fsp3) is 0.273. The summed E-state index contributed by atoms with van der Waals surface area (Å²) < 4.78 is 45.8. The second kappa shape index (κ2) is 9.47. The van der Waals surface area contributed by atoms with Crippen LogP contribution in [0.3, 0.4) is 0 Å². The summed E-state index contributed by atoms with van der Waals surface area (Å²) in [6.45, 7) is 4.61. The standard InChI is InChI=1S/C22H23F3N4O/c1-3-13-30-18-11-9-16(10-12-18)27-20-19(22(23,24)25)14-26-21(29-20)28-17-7-5-15(4-2)6-8-17/h5-12,14H,3-4,13H2,1-2H3,(H2,26,27,28,29). The van der Waals surface area contributed by atoms with Crippen molar-refractivity contribution in [2.75, 3.05) is 17.2 Å². The van der Waals surface area contributed by atoms with Crippen LogP contribution in [0.1, 0.15) is 31.4 Å². The largest absolute Gasteiger partial charge is 0.494 e. The lowest BCUT2D eigenvalue weighted by atomic mass is 10.1. The number of ether oxygens (including phenoxy) is 1. The van der Waals surface area contributed by atoms with Crippen molar-refractivity contribution < 1.29 is 17.9 Å². The molecule has 5 nitrogen and oxygen atoms in total. The molecule has 1 heterocycles. The number of alkyl halides is 3. The van der Waals surface area contributed by atoms with Crippen LogP contribution in [0.2, 0.25) is 0 Å². The van der Waals surface area contributed by atoms with E-state index in [-0.39, 0.29) is 11.8 Å². The molecule has 0 aliphatic rings. The topological polar surface area (TPSA) is 59.1 Å². The zero-order chi connectivity index (χ0) is 21.6. The van der Waals surface area contributed by atoms with Gasteiger partial charge in [0, 0.05) is 17.6 Å². The maximum Gasteiger partial charge on any atom is 0.421 e. The van der Waals surface area contributed by atoms with E-state index < -0.39 is 11.7 Å². The lowest BCUT2D eigenvalue weighted by Crippen LogP contribution is -2.12. The predicted molar refractivity (Wildman–Crippen MR) is 112 cm³/mol. The molecule has 0 saturated heterocycles. The van der Waals surface area contributed by atoms with E-state index in [0.717, 1.165) is 24.6 Å². The molecular weight excluding hydrogens is 393 g/mol. The minimum atomic E-state index is -4.59. The number of aromatic nitrogens is 2. The van der Waals surface area contributed by atoms with Gasteiger partial charge in [-0.1, -0.05) is 26.0 Å². The van der Waals surface area contributed by atoms with Crippen molar-refractivity contribution in [2.24, 2.45) is 0 Å². The molecule has 0 atom stereocenters. The van der Waals surface area contributed by atoms with Crippen LogP contribution in [0.5, 0.6) is 5.75 Å². The van der Waals surface area contributed by atoms with Crippen LogP contribution in [0.25, 0.3) is 0 Å². The SMILES string of the molecule is CCCOc1ccc(Nc2nc(Nc3ccc(CC)cc3)ncc2C(F)(F)F)cc1. The number of rotatable bonds is 8. The second-order valence-corrected chi connectivity index (χ2v) is 6.63. The Morgan fingerprint density at radius 2 is 1.53 bits per heavy atom. The molecule has 2 aromatic carbocycles. The molecule has 0 unspecified atom stereocenters. The lowest BCUT2D eigenvalue weighted by molar-refractivity contribution is -0.137. The molecule has 0 amide bonds. The van der Waals surface area contributed by atoms with Crippen molar-refractivity contribution in [1.29, 1.82) is 0 Å². The molecule has 0 fully saturated rings. The van der Waals surface area contributed by atoms with Crippen molar-refractivity contribution in [3.05, 3.63) is 65.9 Å². The average Bonchev–Trinajstić information content (AvgIpc) is 2.73. The molecule has 0 radical (unpaired) electrons. The number of hydrogen-bond acceptors (Lipinski definition) is 5. The molecule has 2 N–H and O–H groups in total. The fourth-order valence-electron chi connectivity index (χ4n) is 2.69. The molecule has 0 bridgehead atoms. The number of halogens is 3. The van der Waals surface area contributed by atoms with Gasteiger partial charge in [0.15, 0.2) is 0 Å². The third-order valence-electron chi connectivity index (χ3n) is 4.30. The Balaban J connectivity index is 1.83. The van der Waals surface area contributed by atoms with Gasteiger partial charge in [-0.3, -0.25) is 0 Å². The fourth-order valence-corrected chi connectivity index (χ4v) is 2.69. The Bertz CT molecular complexity index is 958. The molecule has 8 heteroatoms. The average molecular weight is 416 g/mol. The van der Waals surface area contributed by atoms with E-state index >= 15 is 0 Å². The zero-order valence-corrected chi connectivity index (χ0v) is 16.8. The summed E-state index contributed by atoms with van der Waals surface area (Å²) in [7, 11) is 0. The van der Waals surface area contributed by atoms with Crippen molar-refractivity contribution >= 4 is 23.1 Å². The van der Waals surface area contributed by atoms with Crippen LogP contribution in [-0.4, -0.2) is 16.6 Å². The molecule has 1 aromatic heterocycles. The smallest absolute Gasteiger partial charge is 0.421 e. The first-order valence-corrected chi connectivity index (χ1v) is 9.69. The number of nitrogens with zero attached hydrogens (tertiary/aromatic N) is 2. The highest BCUT2D eigenvalue weighted by Gasteiger charge is 2.35. The molecular formula is C22H23F3N4O. The van der Waals surface area contributed by atoms with Gasteiger partial charge in [0.25, 0.3) is 0 Å². The van der Waals surface area contributed by atoms with Gasteiger partial charge in [0.05, 0.1) is 6.61 Å². The maximum absolute atomic E-state index is 13.4. The molecule has 0 saturated carbocycles. The van der Waals surface area contributed by atoms with E-state index in [1.165, 1.54) is 0 Å². The molecule has 158 valence electrons. The Hall–Kier alpha value is -3.29. The third kappa shape index (κ3) is 5.62. The van der Waals surface area contributed by atoms with Crippen LogP contribution in [0.15, 0.2) is 54.7 Å². The van der Waals surface area contributed by atoms with E-state index in [2.05, 4.69) is 20.6 Å². The summed E-state index contributed by atoms with van der Waals surface area (Å²) in [5.41, 5.74) is 1.36. The van der Waals surface area contributed by atoms with Gasteiger partial charge >= 0.3 is 6.18 Å². The number of anilines is 4. The van der Waals surface area contributed by atoms with E-state index in [4.69, 9.17) is 4.74 Å². The molecule has 0 aliphatic carbocycles. The first kappa shape index (κ1) is 21.4. The molecule has 0 aliphatic heterocycles.